The van der Waals surface area contributed by atoms with Crippen LogP contribution in [0.4, 0.5) is 0 Å². The molecular formula is C9H7NOS. The highest BCUT2D eigenvalue weighted by Gasteiger charge is 2.11. The second-order valence-corrected chi connectivity index (χ2v) is 3.04. The molecule has 0 N–H and O–H groups in total. The molecule has 0 atom stereocenters. The van der Waals surface area contributed by atoms with Crippen molar-refractivity contribution in [3.63, 3.8) is 0 Å². The Morgan fingerprint density at radius 2 is 2.50 bits per heavy atom. The van der Waals surface area contributed by atoms with E-state index in [0.717, 1.165) is 0 Å². The molecule has 60 valence electrons. The van der Waals surface area contributed by atoms with Gasteiger partial charge in [0.25, 0.3) is 0 Å². The third-order valence-electron chi connectivity index (χ3n) is 1.37. The van der Waals surface area contributed by atoms with Gasteiger partial charge in [-0.15, -0.1) is 11.3 Å². The van der Waals surface area contributed by atoms with Crippen LogP contribution in [-0.4, -0.2) is 5.78 Å². The summed E-state index contributed by atoms with van der Waals surface area (Å²) in [5, 5.41) is 1.82. The lowest BCUT2D eigenvalue weighted by Gasteiger charge is -1.91. The van der Waals surface area contributed by atoms with E-state index in [-0.39, 0.29) is 11.5 Å². The average Bonchev–Trinajstić information content (AvgIpc) is 2.58. The highest BCUT2D eigenvalue weighted by Crippen LogP contribution is 2.14. The van der Waals surface area contributed by atoms with Gasteiger partial charge in [0.15, 0.2) is 0 Å². The molecule has 0 bridgehead atoms. The van der Waals surface area contributed by atoms with E-state index in [0.29, 0.717) is 4.88 Å². The smallest absolute Gasteiger partial charge is 0.230 e. The van der Waals surface area contributed by atoms with E-state index in [4.69, 9.17) is 6.57 Å². The fourth-order valence-corrected chi connectivity index (χ4v) is 1.45. The van der Waals surface area contributed by atoms with E-state index in [1.165, 1.54) is 17.4 Å². The Kier molecular flexibility index (Phi) is 2.78. The number of carbonyl (C=O) groups is 1. The van der Waals surface area contributed by atoms with Crippen LogP contribution in [-0.2, 0) is 0 Å². The Morgan fingerprint density at radius 3 is 2.92 bits per heavy atom. The summed E-state index contributed by atoms with van der Waals surface area (Å²) < 4.78 is 0. The van der Waals surface area contributed by atoms with Crippen molar-refractivity contribution in [3.05, 3.63) is 45.6 Å². The number of carbonyl (C=O) groups excluding carboxylic acids is 1. The first-order valence-corrected chi connectivity index (χ1v) is 4.29. The molecule has 3 heteroatoms. The molecule has 0 radical (unpaired) electrons. The summed E-state index contributed by atoms with van der Waals surface area (Å²) in [6.07, 6.45) is 1.54. The first-order chi connectivity index (χ1) is 5.79. The Morgan fingerprint density at radius 1 is 1.75 bits per heavy atom. The lowest BCUT2D eigenvalue weighted by Crippen LogP contribution is -1.96. The Labute approximate surface area is 75.0 Å². The normalized spacial score (nSPS) is 10.8. The second-order valence-electron chi connectivity index (χ2n) is 2.09. The highest BCUT2D eigenvalue weighted by molar-refractivity contribution is 7.12. The zero-order valence-corrected chi connectivity index (χ0v) is 7.39. The molecule has 0 saturated heterocycles. The molecule has 1 aromatic rings. The zero-order valence-electron chi connectivity index (χ0n) is 6.57. The first kappa shape index (κ1) is 8.69. The molecule has 12 heavy (non-hydrogen) atoms. The maximum Gasteiger partial charge on any atom is 0.230 e. The van der Waals surface area contributed by atoms with Crippen molar-refractivity contribution in [3.8, 4) is 0 Å². The lowest BCUT2D eigenvalue weighted by molar-refractivity contribution is 0.104. The first-order valence-electron chi connectivity index (χ1n) is 3.41. The number of ketones is 1. The van der Waals surface area contributed by atoms with E-state index in [1.54, 1.807) is 19.1 Å². The molecule has 1 heterocycles. The van der Waals surface area contributed by atoms with Crippen molar-refractivity contribution in [1.29, 1.82) is 0 Å². The zero-order chi connectivity index (χ0) is 8.97. The van der Waals surface area contributed by atoms with Crippen molar-refractivity contribution >= 4 is 17.1 Å². The van der Waals surface area contributed by atoms with Gasteiger partial charge in [-0.05, 0) is 11.4 Å². The Balaban J connectivity index is 2.95. The Bertz CT molecular complexity index is 343. The van der Waals surface area contributed by atoms with Gasteiger partial charge in [-0.25, -0.2) is 4.85 Å². The monoisotopic (exact) mass is 177 g/mol. The number of allylic oxidation sites excluding steroid dienone is 2. The van der Waals surface area contributed by atoms with Gasteiger partial charge in [-0.3, -0.25) is 0 Å². The summed E-state index contributed by atoms with van der Waals surface area (Å²) in [6.45, 7) is 8.43. The van der Waals surface area contributed by atoms with Gasteiger partial charge >= 0.3 is 0 Å². The van der Waals surface area contributed by atoms with Crippen LogP contribution in [0.3, 0.4) is 0 Å². The van der Waals surface area contributed by atoms with Crippen LogP contribution in [0.2, 0.25) is 0 Å². The summed E-state index contributed by atoms with van der Waals surface area (Å²) in [6, 6.07) is 3.52. The van der Waals surface area contributed by atoms with E-state index in [1.807, 2.05) is 5.38 Å². The quantitative estimate of drug-likeness (QED) is 0.386. The molecule has 1 aromatic heterocycles. The summed E-state index contributed by atoms with van der Waals surface area (Å²) in [5.74, 6) is -0.178. The molecule has 1 rings (SSSR count). The number of thiophene rings is 1. The van der Waals surface area contributed by atoms with Crippen molar-refractivity contribution in [2.75, 3.05) is 0 Å². The fraction of sp³-hybridized carbons (Fsp3) is 0.111. The van der Waals surface area contributed by atoms with Crippen LogP contribution in [0.5, 0.6) is 0 Å². The van der Waals surface area contributed by atoms with Crippen LogP contribution in [0.1, 0.15) is 16.6 Å². The second kappa shape index (κ2) is 3.84. The van der Waals surface area contributed by atoms with E-state index < -0.39 is 0 Å². The minimum absolute atomic E-state index is 0.178. The number of rotatable bonds is 2. The van der Waals surface area contributed by atoms with E-state index in [2.05, 4.69) is 4.85 Å². The van der Waals surface area contributed by atoms with Gasteiger partial charge < -0.3 is 4.79 Å². The Hall–Kier alpha value is -1.40. The molecule has 0 aliphatic carbocycles. The number of nitrogens with zero attached hydrogens (tertiary/aromatic N) is 1. The summed E-state index contributed by atoms with van der Waals surface area (Å²) in [7, 11) is 0. The highest BCUT2D eigenvalue weighted by atomic mass is 32.1. The maximum absolute atomic E-state index is 11.4. The number of hydrogen-bond acceptors (Lipinski definition) is 2. The van der Waals surface area contributed by atoms with Gasteiger partial charge in [-0.1, -0.05) is 19.1 Å². The summed E-state index contributed by atoms with van der Waals surface area (Å²) >= 11 is 1.36. The summed E-state index contributed by atoms with van der Waals surface area (Å²) in [4.78, 5) is 15.2. The van der Waals surface area contributed by atoms with Crippen molar-refractivity contribution in [1.82, 2.24) is 0 Å². The van der Waals surface area contributed by atoms with Gasteiger partial charge in [0.1, 0.15) is 0 Å². The lowest BCUT2D eigenvalue weighted by atomic mass is 10.2. The van der Waals surface area contributed by atoms with E-state index in [9.17, 15) is 4.79 Å². The molecule has 0 spiro atoms. The maximum atomic E-state index is 11.4. The van der Waals surface area contributed by atoms with Crippen LogP contribution in [0.15, 0.2) is 29.3 Å². The van der Waals surface area contributed by atoms with Crippen LogP contribution < -0.4 is 0 Å². The third-order valence-corrected chi connectivity index (χ3v) is 2.24. The molecule has 2 nitrogen and oxygen atoms in total. The van der Waals surface area contributed by atoms with Gasteiger partial charge in [0, 0.05) is 0 Å². The SMILES string of the molecule is [C-]#[N+]/C(=C\C)C(=O)c1cccs1. The van der Waals surface area contributed by atoms with Crippen LogP contribution >= 0.6 is 11.3 Å². The van der Waals surface area contributed by atoms with Crippen molar-refractivity contribution in [2.24, 2.45) is 0 Å². The molecule has 0 fully saturated rings. The van der Waals surface area contributed by atoms with Crippen molar-refractivity contribution < 1.29 is 4.79 Å². The topological polar surface area (TPSA) is 21.4 Å². The molecule has 0 saturated carbocycles. The van der Waals surface area contributed by atoms with E-state index >= 15 is 0 Å². The number of Topliss-reactive ketones (excluding diaryl/α,β-unsaturated/α-hetero) is 1. The van der Waals surface area contributed by atoms with Gasteiger partial charge in [-0.2, -0.15) is 0 Å². The molecule has 0 aliphatic rings. The molecule has 0 aromatic carbocycles. The molecule has 0 amide bonds. The predicted octanol–water partition coefficient (Wildman–Crippen LogP) is 2.75. The third kappa shape index (κ3) is 1.60. The minimum Gasteiger partial charge on any atom is -0.301 e. The molecule has 0 unspecified atom stereocenters. The minimum atomic E-state index is -0.178. The number of hydrogen-bond donors (Lipinski definition) is 0. The molecule has 0 aliphatic heterocycles. The van der Waals surface area contributed by atoms with Crippen LogP contribution in [0.25, 0.3) is 4.85 Å². The predicted molar refractivity (Wildman–Crippen MR) is 49.0 cm³/mol. The summed E-state index contributed by atoms with van der Waals surface area (Å²) in [5.41, 5.74) is 0.192. The fourth-order valence-electron chi connectivity index (χ4n) is 0.780. The van der Waals surface area contributed by atoms with Gasteiger partial charge in [0.05, 0.1) is 11.4 Å². The molecular weight excluding hydrogens is 170 g/mol. The largest absolute Gasteiger partial charge is 0.301 e. The van der Waals surface area contributed by atoms with Crippen LogP contribution in [0, 0.1) is 6.57 Å². The van der Waals surface area contributed by atoms with Crippen molar-refractivity contribution in [2.45, 2.75) is 6.92 Å². The average molecular weight is 177 g/mol. The standard InChI is InChI=1S/C9H7NOS/c1-3-7(10-2)9(11)8-5-4-6-12-8/h3-6H,1H3/b7-3-. The van der Waals surface area contributed by atoms with Gasteiger partial charge in [0.2, 0.25) is 11.5 Å².